The fraction of sp³-hybridized carbons (Fsp3) is 0.625. The largest absolute Gasteiger partial charge is 0.493 e. The Kier molecular flexibility index (Phi) is 5.42. The van der Waals surface area contributed by atoms with Crippen LogP contribution in [0.3, 0.4) is 0 Å². The molecule has 9 heteroatoms. The first-order chi connectivity index (χ1) is 11.4. The predicted molar refractivity (Wildman–Crippen MR) is 95.9 cm³/mol. The van der Waals surface area contributed by atoms with Gasteiger partial charge in [0.2, 0.25) is 0 Å². The normalized spacial score (nSPS) is 23.4. The first kappa shape index (κ1) is 20.0. The quantitative estimate of drug-likeness (QED) is 0.800. The van der Waals surface area contributed by atoms with Crippen LogP contribution in [-0.2, 0) is 19.7 Å². The van der Waals surface area contributed by atoms with E-state index in [-0.39, 0.29) is 16.4 Å². The number of hydrogen-bond donors (Lipinski definition) is 1. The summed E-state index contributed by atoms with van der Waals surface area (Å²) in [7, 11) is -4.43. The maximum atomic E-state index is 13.1. The van der Waals surface area contributed by atoms with Crippen molar-refractivity contribution in [3.63, 3.8) is 0 Å². The zero-order valence-corrected chi connectivity index (χ0v) is 16.7. The van der Waals surface area contributed by atoms with Crippen LogP contribution in [0.1, 0.15) is 20.8 Å². The molecule has 0 bridgehead atoms. The maximum Gasteiger partial charge on any atom is 0.183 e. The number of benzene rings is 1. The fourth-order valence-electron chi connectivity index (χ4n) is 2.98. The van der Waals surface area contributed by atoms with Crippen molar-refractivity contribution < 1.29 is 26.3 Å². The van der Waals surface area contributed by atoms with Crippen molar-refractivity contribution in [3.8, 4) is 11.5 Å². The van der Waals surface area contributed by atoms with Crippen LogP contribution in [0.15, 0.2) is 23.1 Å². The van der Waals surface area contributed by atoms with Gasteiger partial charge in [0, 0.05) is 17.6 Å². The van der Waals surface area contributed by atoms with Gasteiger partial charge in [-0.05, 0) is 32.9 Å². The molecule has 0 saturated carbocycles. The van der Waals surface area contributed by atoms with Crippen LogP contribution in [0.25, 0.3) is 0 Å². The van der Waals surface area contributed by atoms with Crippen LogP contribution >= 0.6 is 0 Å². The van der Waals surface area contributed by atoms with Crippen molar-refractivity contribution in [1.82, 2.24) is 5.32 Å². The summed E-state index contributed by atoms with van der Waals surface area (Å²) >= 11 is 0. The molecule has 1 saturated heterocycles. The van der Waals surface area contributed by atoms with Gasteiger partial charge in [-0.25, -0.2) is 16.8 Å². The monoisotopic (exact) mass is 391 g/mol. The Balaban J connectivity index is 2.46. The minimum atomic E-state index is -3.87. The lowest BCUT2D eigenvalue weighted by atomic mass is 10.1. The first-order valence-corrected chi connectivity index (χ1v) is 11.2. The molecule has 0 radical (unpaired) electrons. The molecule has 25 heavy (non-hydrogen) atoms. The molecule has 0 aromatic heterocycles. The van der Waals surface area contributed by atoms with E-state index in [9.17, 15) is 16.8 Å². The molecule has 1 aliphatic heterocycles. The fourth-order valence-corrected chi connectivity index (χ4v) is 7.65. The Morgan fingerprint density at radius 2 is 1.68 bits per heavy atom. The van der Waals surface area contributed by atoms with Crippen LogP contribution in [-0.4, -0.2) is 59.4 Å². The number of ether oxygens (including phenoxy) is 2. The molecule has 7 nitrogen and oxygen atoms in total. The summed E-state index contributed by atoms with van der Waals surface area (Å²) in [4.78, 5) is 0.0213. The van der Waals surface area contributed by atoms with Crippen LogP contribution in [0, 0.1) is 0 Å². The SMILES string of the molecule is COc1ccc(S(=O)(=O)[C@H]2CS(=O)(=O)C[C@@H]2NC(C)(C)C)cc1OC. The van der Waals surface area contributed by atoms with Gasteiger partial charge in [-0.1, -0.05) is 0 Å². The van der Waals surface area contributed by atoms with Crippen molar-refractivity contribution in [2.24, 2.45) is 0 Å². The van der Waals surface area contributed by atoms with Crippen LogP contribution in [0.2, 0.25) is 0 Å². The minimum Gasteiger partial charge on any atom is -0.493 e. The van der Waals surface area contributed by atoms with E-state index in [1.807, 2.05) is 20.8 Å². The molecule has 0 amide bonds. The van der Waals surface area contributed by atoms with Crippen molar-refractivity contribution in [3.05, 3.63) is 18.2 Å². The number of nitrogens with one attached hydrogen (secondary N) is 1. The standard InChI is InChI=1S/C16H25NO6S2/c1-16(2,3)17-12-9-24(18,19)10-15(12)25(20,21)11-6-7-13(22-4)14(8-11)23-5/h6-8,12,15,17H,9-10H2,1-5H3/t12-,15-/m0/s1. The minimum absolute atomic E-state index is 0.0213. The summed E-state index contributed by atoms with van der Waals surface area (Å²) in [5, 5.41) is 2.09. The van der Waals surface area contributed by atoms with Gasteiger partial charge in [-0.3, -0.25) is 0 Å². The highest BCUT2D eigenvalue weighted by Gasteiger charge is 2.46. The molecule has 1 heterocycles. The van der Waals surface area contributed by atoms with Crippen LogP contribution in [0.4, 0.5) is 0 Å². The Bertz CT molecular complexity index is 840. The van der Waals surface area contributed by atoms with Gasteiger partial charge < -0.3 is 14.8 Å². The van der Waals surface area contributed by atoms with Crippen LogP contribution in [0.5, 0.6) is 11.5 Å². The third-order valence-corrected chi connectivity index (χ3v) is 8.15. The van der Waals surface area contributed by atoms with Crippen molar-refractivity contribution >= 4 is 19.7 Å². The highest BCUT2D eigenvalue weighted by Crippen LogP contribution is 2.33. The second-order valence-corrected chi connectivity index (χ2v) is 11.5. The molecule has 0 unspecified atom stereocenters. The smallest absolute Gasteiger partial charge is 0.183 e. The van der Waals surface area contributed by atoms with E-state index in [0.717, 1.165) is 0 Å². The van der Waals surface area contributed by atoms with E-state index >= 15 is 0 Å². The summed E-state index contributed by atoms with van der Waals surface area (Å²) in [6.45, 7) is 5.62. The molecule has 0 aliphatic carbocycles. The Morgan fingerprint density at radius 1 is 1.08 bits per heavy atom. The topological polar surface area (TPSA) is 98.8 Å². The lowest BCUT2D eigenvalue weighted by Crippen LogP contribution is -2.51. The van der Waals surface area contributed by atoms with Gasteiger partial charge in [0.15, 0.2) is 31.2 Å². The van der Waals surface area contributed by atoms with Crippen molar-refractivity contribution in [1.29, 1.82) is 0 Å². The number of methoxy groups -OCH3 is 2. The molecule has 1 aromatic rings. The van der Waals surface area contributed by atoms with E-state index in [2.05, 4.69) is 5.32 Å². The zero-order valence-electron chi connectivity index (χ0n) is 15.1. The van der Waals surface area contributed by atoms with Crippen LogP contribution < -0.4 is 14.8 Å². The van der Waals surface area contributed by atoms with Gasteiger partial charge in [0.1, 0.15) is 0 Å². The number of hydrogen-bond acceptors (Lipinski definition) is 7. The van der Waals surface area contributed by atoms with Gasteiger partial charge in [-0.15, -0.1) is 0 Å². The average molecular weight is 392 g/mol. The lowest BCUT2D eigenvalue weighted by molar-refractivity contribution is 0.353. The van der Waals surface area contributed by atoms with E-state index in [0.29, 0.717) is 5.75 Å². The molecule has 1 fully saturated rings. The second kappa shape index (κ2) is 6.77. The molecule has 2 atom stereocenters. The predicted octanol–water partition coefficient (Wildman–Crippen LogP) is 1.03. The molecule has 1 aliphatic rings. The molecule has 1 aromatic carbocycles. The van der Waals surface area contributed by atoms with E-state index in [4.69, 9.17) is 9.47 Å². The second-order valence-electron chi connectivity index (χ2n) is 7.18. The summed E-state index contributed by atoms with van der Waals surface area (Å²) in [5.74, 6) is 0.105. The van der Waals surface area contributed by atoms with E-state index < -0.39 is 42.3 Å². The summed E-state index contributed by atoms with van der Waals surface area (Å²) in [6, 6.07) is 3.62. The highest BCUT2D eigenvalue weighted by molar-refractivity contribution is 7.96. The van der Waals surface area contributed by atoms with Gasteiger partial charge in [0.05, 0.1) is 35.9 Å². The van der Waals surface area contributed by atoms with E-state index in [1.54, 1.807) is 0 Å². The summed E-state index contributed by atoms with van der Waals surface area (Å²) in [5.41, 5.74) is -0.407. The Labute approximate surface area is 149 Å². The van der Waals surface area contributed by atoms with Gasteiger partial charge in [-0.2, -0.15) is 0 Å². The highest BCUT2D eigenvalue weighted by atomic mass is 32.2. The lowest BCUT2D eigenvalue weighted by Gasteiger charge is -2.28. The van der Waals surface area contributed by atoms with Crippen molar-refractivity contribution in [2.75, 3.05) is 25.7 Å². The van der Waals surface area contributed by atoms with Gasteiger partial charge in [0.25, 0.3) is 0 Å². The molecular weight excluding hydrogens is 366 g/mol. The average Bonchev–Trinajstić information content (AvgIpc) is 2.79. The molecule has 142 valence electrons. The van der Waals surface area contributed by atoms with Crippen molar-refractivity contribution in [2.45, 2.75) is 42.5 Å². The zero-order chi connectivity index (χ0) is 19.0. The number of sulfone groups is 2. The summed E-state index contributed by atoms with van der Waals surface area (Å²) < 4.78 is 60.6. The Morgan fingerprint density at radius 3 is 2.20 bits per heavy atom. The van der Waals surface area contributed by atoms with E-state index in [1.165, 1.54) is 32.4 Å². The molecule has 1 N–H and O–H groups in total. The molecule has 2 rings (SSSR count). The number of rotatable bonds is 5. The first-order valence-electron chi connectivity index (χ1n) is 7.84. The third-order valence-electron chi connectivity index (χ3n) is 4.00. The summed E-state index contributed by atoms with van der Waals surface area (Å²) in [6.07, 6.45) is 0. The third kappa shape index (κ3) is 4.45. The Hall–Kier alpha value is -1.32. The van der Waals surface area contributed by atoms with Gasteiger partial charge >= 0.3 is 0 Å². The molecular formula is C16H25NO6S2. The molecule has 0 spiro atoms. The maximum absolute atomic E-state index is 13.1.